The van der Waals surface area contributed by atoms with E-state index in [-0.39, 0.29) is 40.4 Å². The maximum absolute atomic E-state index is 10.6. The first-order chi connectivity index (χ1) is 12.1. The third kappa shape index (κ3) is 6.88. The van der Waals surface area contributed by atoms with Crippen molar-refractivity contribution in [2.75, 3.05) is 13.1 Å². The number of aliphatic carboxylic acids is 1. The van der Waals surface area contributed by atoms with Crippen molar-refractivity contribution in [3.63, 3.8) is 0 Å². The van der Waals surface area contributed by atoms with Crippen LogP contribution in [0.3, 0.4) is 0 Å². The van der Waals surface area contributed by atoms with Crippen LogP contribution in [0.2, 0.25) is 0 Å². The van der Waals surface area contributed by atoms with Gasteiger partial charge in [-0.2, -0.15) is 0 Å². The molecule has 2 N–H and O–H groups in total. The molecule has 1 aromatic heterocycles. The molecule has 5 nitrogen and oxygen atoms in total. The van der Waals surface area contributed by atoms with Gasteiger partial charge in [-0.15, -0.1) is 34.0 Å². The Labute approximate surface area is 182 Å². The van der Waals surface area contributed by atoms with E-state index in [1.807, 2.05) is 0 Å². The molecule has 3 rings (SSSR count). The van der Waals surface area contributed by atoms with Gasteiger partial charge in [0.05, 0.1) is 11.0 Å². The van der Waals surface area contributed by atoms with E-state index < -0.39 is 5.97 Å². The lowest BCUT2D eigenvalue weighted by Gasteiger charge is -2.22. The van der Waals surface area contributed by atoms with Crippen LogP contribution in [0.15, 0.2) is 18.2 Å². The zero-order valence-electron chi connectivity index (χ0n) is 15.9. The Balaban J connectivity index is 0.00000182. The summed E-state index contributed by atoms with van der Waals surface area (Å²) in [7, 11) is 2.11. The summed E-state index contributed by atoms with van der Waals surface area (Å²) in [5.41, 5.74) is 3.51. The number of carboxylic acid groups (broad SMARTS) is 1. The van der Waals surface area contributed by atoms with Gasteiger partial charge in [0.1, 0.15) is 5.82 Å². The molecular weight excluding hydrogens is 474 g/mol. The Morgan fingerprint density at radius 3 is 2.67 bits per heavy atom. The summed E-state index contributed by atoms with van der Waals surface area (Å²) in [6.07, 6.45) is 7.65. The highest BCUT2D eigenvalue weighted by Crippen LogP contribution is 2.22. The summed E-state index contributed by atoms with van der Waals surface area (Å²) in [6, 6.07) is 6.48. The minimum atomic E-state index is -0.710. The lowest BCUT2D eigenvalue weighted by atomic mass is 9.93. The number of nitrogens with one attached hydrogen (secondary N) is 1. The summed E-state index contributed by atoms with van der Waals surface area (Å²) < 4.78 is 2.23. The van der Waals surface area contributed by atoms with Crippen LogP contribution in [0, 0.1) is 5.92 Å². The van der Waals surface area contributed by atoms with Crippen molar-refractivity contribution in [1.82, 2.24) is 14.9 Å². The van der Waals surface area contributed by atoms with Crippen LogP contribution in [0.1, 0.15) is 49.9 Å². The van der Waals surface area contributed by atoms with Gasteiger partial charge in [-0.1, -0.05) is 6.07 Å². The van der Waals surface area contributed by atoms with Crippen molar-refractivity contribution in [2.24, 2.45) is 13.0 Å². The number of halogens is 2. The van der Waals surface area contributed by atoms with E-state index in [9.17, 15) is 4.79 Å². The SMILES string of the molecule is Br.Br.Cn1c(CCC2CCNCC2)nc2cc(CCCCC(=O)O)ccc21. The quantitative estimate of drug-likeness (QED) is 0.521. The maximum atomic E-state index is 10.6. The average molecular weight is 505 g/mol. The molecule has 27 heavy (non-hydrogen) atoms. The fourth-order valence-electron chi connectivity index (χ4n) is 3.78. The molecule has 152 valence electrons. The lowest BCUT2D eigenvalue weighted by molar-refractivity contribution is -0.137. The van der Waals surface area contributed by atoms with Crippen LogP contribution in [0.4, 0.5) is 0 Å². The average Bonchev–Trinajstić information content (AvgIpc) is 2.93. The Morgan fingerprint density at radius 1 is 1.22 bits per heavy atom. The molecule has 1 fully saturated rings. The molecule has 0 unspecified atom stereocenters. The van der Waals surface area contributed by atoms with Crippen molar-refractivity contribution in [2.45, 2.75) is 51.4 Å². The van der Waals surface area contributed by atoms with Crippen LogP contribution in [0.25, 0.3) is 11.0 Å². The zero-order chi connectivity index (χ0) is 17.6. The summed E-state index contributed by atoms with van der Waals surface area (Å²) >= 11 is 0. The fraction of sp³-hybridized carbons (Fsp3) is 0.600. The Hall–Kier alpha value is -0.920. The number of unbranched alkanes of at least 4 members (excludes halogenated alkanes) is 1. The van der Waals surface area contributed by atoms with E-state index >= 15 is 0 Å². The van der Waals surface area contributed by atoms with E-state index in [0.717, 1.165) is 50.2 Å². The van der Waals surface area contributed by atoms with E-state index in [1.54, 1.807) is 0 Å². The number of aromatic nitrogens is 2. The number of aryl methyl sites for hydroxylation is 3. The molecule has 2 aromatic rings. The predicted molar refractivity (Wildman–Crippen MR) is 120 cm³/mol. The molecule has 0 amide bonds. The van der Waals surface area contributed by atoms with E-state index in [0.29, 0.717) is 0 Å². The summed E-state index contributed by atoms with van der Waals surface area (Å²) in [4.78, 5) is 15.5. The first-order valence-electron chi connectivity index (χ1n) is 9.50. The number of piperidine rings is 1. The number of carboxylic acids is 1. The molecule has 1 aliphatic rings. The van der Waals surface area contributed by atoms with Gasteiger partial charge in [0.2, 0.25) is 0 Å². The van der Waals surface area contributed by atoms with Gasteiger partial charge in [0, 0.05) is 19.9 Å². The maximum Gasteiger partial charge on any atom is 0.303 e. The zero-order valence-corrected chi connectivity index (χ0v) is 19.4. The van der Waals surface area contributed by atoms with Crippen molar-refractivity contribution in [3.05, 3.63) is 29.6 Å². The standard InChI is InChI=1S/C20H29N3O2.2BrH/c1-23-18-8-6-16(4-2-3-5-20(24)25)14-17(18)22-19(23)9-7-15-10-12-21-13-11-15;;/h6,8,14-15,21H,2-5,7,9-13H2,1H3,(H,24,25);2*1H. The monoisotopic (exact) mass is 503 g/mol. The van der Waals surface area contributed by atoms with Crippen molar-refractivity contribution < 1.29 is 9.90 Å². The highest BCUT2D eigenvalue weighted by atomic mass is 79.9. The number of carbonyl (C=O) groups is 1. The third-order valence-corrected chi connectivity index (χ3v) is 5.38. The van der Waals surface area contributed by atoms with Gasteiger partial charge in [-0.05, 0) is 75.2 Å². The summed E-state index contributed by atoms with van der Waals surface area (Å²) in [5, 5.41) is 12.1. The second-order valence-electron chi connectivity index (χ2n) is 7.24. The van der Waals surface area contributed by atoms with Crippen LogP contribution < -0.4 is 5.32 Å². The van der Waals surface area contributed by atoms with Crippen LogP contribution in [-0.2, 0) is 24.7 Å². The van der Waals surface area contributed by atoms with Crippen molar-refractivity contribution in [3.8, 4) is 0 Å². The normalized spacial score (nSPS) is 14.6. The fourth-order valence-corrected chi connectivity index (χ4v) is 3.78. The van der Waals surface area contributed by atoms with E-state index in [2.05, 4.69) is 35.1 Å². The van der Waals surface area contributed by atoms with Gasteiger partial charge in [-0.3, -0.25) is 4.79 Å². The second kappa shape index (κ2) is 11.8. The molecule has 0 radical (unpaired) electrons. The van der Waals surface area contributed by atoms with Gasteiger partial charge >= 0.3 is 5.97 Å². The molecule has 0 atom stereocenters. The number of hydrogen-bond acceptors (Lipinski definition) is 3. The lowest BCUT2D eigenvalue weighted by Crippen LogP contribution is -2.28. The first-order valence-corrected chi connectivity index (χ1v) is 9.50. The minimum absolute atomic E-state index is 0. The van der Waals surface area contributed by atoms with Crippen LogP contribution >= 0.6 is 34.0 Å². The number of imidazole rings is 1. The number of fused-ring (bicyclic) bond motifs is 1. The predicted octanol–water partition coefficient (Wildman–Crippen LogP) is 4.46. The van der Waals surface area contributed by atoms with Gasteiger partial charge < -0.3 is 15.0 Å². The molecule has 1 saturated heterocycles. The number of rotatable bonds is 8. The smallest absolute Gasteiger partial charge is 0.303 e. The number of benzene rings is 1. The Kier molecular flexibility index (Phi) is 10.6. The highest BCUT2D eigenvalue weighted by molar-refractivity contribution is 8.93. The van der Waals surface area contributed by atoms with Crippen LogP contribution in [-0.4, -0.2) is 33.7 Å². The van der Waals surface area contributed by atoms with Gasteiger partial charge in [0.15, 0.2) is 0 Å². The molecule has 0 spiro atoms. The van der Waals surface area contributed by atoms with Gasteiger partial charge in [-0.25, -0.2) is 4.98 Å². The molecule has 1 aromatic carbocycles. The van der Waals surface area contributed by atoms with Crippen LogP contribution in [0.5, 0.6) is 0 Å². The second-order valence-corrected chi connectivity index (χ2v) is 7.24. The van der Waals surface area contributed by atoms with Gasteiger partial charge in [0.25, 0.3) is 0 Å². The highest BCUT2D eigenvalue weighted by Gasteiger charge is 2.15. The number of nitrogens with zero attached hydrogens (tertiary/aromatic N) is 2. The largest absolute Gasteiger partial charge is 0.481 e. The number of hydrogen-bond donors (Lipinski definition) is 2. The minimum Gasteiger partial charge on any atom is -0.481 e. The molecule has 2 heterocycles. The molecule has 0 aliphatic carbocycles. The summed E-state index contributed by atoms with van der Waals surface area (Å²) in [6.45, 7) is 2.30. The molecule has 0 bridgehead atoms. The molecule has 7 heteroatoms. The van der Waals surface area contributed by atoms with E-state index in [1.165, 1.54) is 36.2 Å². The molecule has 0 saturated carbocycles. The topological polar surface area (TPSA) is 67.2 Å². The van der Waals surface area contributed by atoms with Crippen molar-refractivity contribution >= 4 is 51.0 Å². The summed E-state index contributed by atoms with van der Waals surface area (Å²) in [5.74, 6) is 1.29. The molecule has 1 aliphatic heterocycles. The Bertz CT molecular complexity index is 727. The molecular formula is C20H31Br2N3O2. The Morgan fingerprint density at radius 2 is 1.96 bits per heavy atom. The first kappa shape index (κ1) is 24.1. The third-order valence-electron chi connectivity index (χ3n) is 5.38. The van der Waals surface area contributed by atoms with Crippen molar-refractivity contribution in [1.29, 1.82) is 0 Å². The van der Waals surface area contributed by atoms with E-state index in [4.69, 9.17) is 10.1 Å².